The number of rotatable bonds is 4. The third-order valence-electron chi connectivity index (χ3n) is 3.28. The monoisotopic (exact) mass is 229 g/mol. The van der Waals surface area contributed by atoms with Gasteiger partial charge in [-0.2, -0.15) is 15.4 Å². The lowest BCUT2D eigenvalue weighted by molar-refractivity contribution is 0.644. The minimum Gasteiger partial charge on any atom is -0.198 e. The van der Waals surface area contributed by atoms with Crippen molar-refractivity contribution in [3.8, 4) is 0 Å². The van der Waals surface area contributed by atoms with E-state index in [1.807, 2.05) is 6.20 Å². The van der Waals surface area contributed by atoms with Crippen molar-refractivity contribution < 1.29 is 0 Å². The molecule has 90 valence electrons. The van der Waals surface area contributed by atoms with E-state index in [9.17, 15) is 0 Å². The van der Waals surface area contributed by atoms with Crippen LogP contribution in [0.1, 0.15) is 41.6 Å². The second kappa shape index (κ2) is 5.13. The van der Waals surface area contributed by atoms with Crippen molar-refractivity contribution >= 4 is 0 Å². The number of hydrogen-bond acceptors (Lipinski definition) is 2. The summed E-state index contributed by atoms with van der Waals surface area (Å²) in [5.74, 6) is 0.528. The Kier molecular flexibility index (Phi) is 3.57. The quantitative estimate of drug-likeness (QED) is 0.875. The number of nitrogens with one attached hydrogen (secondary N) is 1. The van der Waals surface area contributed by atoms with Crippen LogP contribution in [-0.2, 0) is 6.42 Å². The van der Waals surface area contributed by atoms with Crippen LogP contribution < -0.4 is 0 Å². The molecule has 0 radical (unpaired) electrons. The third kappa shape index (κ3) is 2.73. The predicted molar refractivity (Wildman–Crippen MR) is 69.0 cm³/mol. The van der Waals surface area contributed by atoms with Crippen molar-refractivity contribution in [2.24, 2.45) is 0 Å². The van der Waals surface area contributed by atoms with Crippen LogP contribution in [-0.4, -0.2) is 15.4 Å². The van der Waals surface area contributed by atoms with Crippen LogP contribution in [0.3, 0.4) is 0 Å². The number of aromatic amines is 1. The van der Waals surface area contributed by atoms with Crippen LogP contribution in [0.4, 0.5) is 0 Å². The van der Waals surface area contributed by atoms with Gasteiger partial charge in [0.25, 0.3) is 0 Å². The number of hydrogen-bond donors (Lipinski definition) is 1. The molecule has 0 aliphatic heterocycles. The van der Waals surface area contributed by atoms with E-state index in [4.69, 9.17) is 0 Å². The normalized spacial score (nSPS) is 12.6. The third-order valence-corrected chi connectivity index (χ3v) is 3.28. The van der Waals surface area contributed by atoms with Gasteiger partial charge in [-0.05, 0) is 43.7 Å². The molecule has 1 heterocycles. The average molecular weight is 229 g/mol. The summed E-state index contributed by atoms with van der Waals surface area (Å²) >= 11 is 0. The summed E-state index contributed by atoms with van der Waals surface area (Å²) in [5.41, 5.74) is 5.17. The smallest absolute Gasteiger partial charge is 0.0830 e. The molecular formula is C14H19N3. The molecule has 0 bridgehead atoms. The highest BCUT2D eigenvalue weighted by Gasteiger charge is 2.13. The zero-order chi connectivity index (χ0) is 12.3. The molecule has 3 nitrogen and oxygen atoms in total. The molecule has 1 unspecified atom stereocenters. The van der Waals surface area contributed by atoms with Crippen LogP contribution in [0.25, 0.3) is 0 Å². The van der Waals surface area contributed by atoms with Crippen molar-refractivity contribution in [1.82, 2.24) is 15.4 Å². The van der Waals surface area contributed by atoms with Gasteiger partial charge in [-0.15, -0.1) is 0 Å². The maximum atomic E-state index is 4.14. The van der Waals surface area contributed by atoms with Gasteiger partial charge in [-0.3, -0.25) is 0 Å². The molecule has 0 aliphatic rings. The van der Waals surface area contributed by atoms with E-state index in [0.29, 0.717) is 5.92 Å². The Morgan fingerprint density at radius 2 is 2.12 bits per heavy atom. The second-order valence-corrected chi connectivity index (χ2v) is 4.63. The molecule has 2 aromatic rings. The first kappa shape index (κ1) is 11.8. The van der Waals surface area contributed by atoms with Crippen LogP contribution in [0.15, 0.2) is 24.4 Å². The molecule has 0 fully saturated rings. The largest absolute Gasteiger partial charge is 0.198 e. The zero-order valence-electron chi connectivity index (χ0n) is 10.7. The lowest BCUT2D eigenvalue weighted by Crippen LogP contribution is -2.04. The maximum absolute atomic E-state index is 4.14. The molecule has 17 heavy (non-hydrogen) atoms. The van der Waals surface area contributed by atoms with Crippen LogP contribution in [0, 0.1) is 13.8 Å². The first-order valence-electron chi connectivity index (χ1n) is 6.12. The van der Waals surface area contributed by atoms with Gasteiger partial charge in [0.15, 0.2) is 0 Å². The Balaban J connectivity index is 2.23. The Labute approximate surface area is 102 Å². The molecule has 3 heteroatoms. The van der Waals surface area contributed by atoms with E-state index < -0.39 is 0 Å². The summed E-state index contributed by atoms with van der Waals surface area (Å²) in [7, 11) is 0. The van der Waals surface area contributed by atoms with Gasteiger partial charge in [-0.25, -0.2) is 0 Å². The fraction of sp³-hybridized carbons (Fsp3) is 0.429. The van der Waals surface area contributed by atoms with Gasteiger partial charge in [0, 0.05) is 0 Å². The fourth-order valence-electron chi connectivity index (χ4n) is 2.33. The Morgan fingerprint density at radius 3 is 2.71 bits per heavy atom. The summed E-state index contributed by atoms with van der Waals surface area (Å²) < 4.78 is 0. The van der Waals surface area contributed by atoms with Crippen LogP contribution in [0.2, 0.25) is 0 Å². The standard InChI is InChI=1S/C14H19N3/c1-4-12(8-13-9-15-17-16-13)14-6-5-10(2)7-11(14)3/h5-7,9,12H,4,8H2,1-3H3,(H,15,16,17). The summed E-state index contributed by atoms with van der Waals surface area (Å²) in [6.07, 6.45) is 3.89. The van der Waals surface area contributed by atoms with E-state index in [-0.39, 0.29) is 0 Å². The average Bonchev–Trinajstić information content (AvgIpc) is 2.79. The Bertz CT molecular complexity index is 474. The van der Waals surface area contributed by atoms with E-state index in [2.05, 4.69) is 54.4 Å². The Morgan fingerprint density at radius 1 is 1.29 bits per heavy atom. The van der Waals surface area contributed by atoms with Gasteiger partial charge in [0.05, 0.1) is 11.9 Å². The van der Waals surface area contributed by atoms with Crippen molar-refractivity contribution in [2.45, 2.75) is 39.5 Å². The highest BCUT2D eigenvalue weighted by Crippen LogP contribution is 2.26. The SMILES string of the molecule is CCC(Cc1cn[nH]n1)c1ccc(C)cc1C. The predicted octanol–water partition coefficient (Wildman–Crippen LogP) is 3.16. The van der Waals surface area contributed by atoms with Gasteiger partial charge in [0.1, 0.15) is 0 Å². The number of aromatic nitrogens is 3. The van der Waals surface area contributed by atoms with Gasteiger partial charge >= 0.3 is 0 Å². The summed E-state index contributed by atoms with van der Waals surface area (Å²) in [6, 6.07) is 6.69. The molecule has 0 aliphatic carbocycles. The van der Waals surface area contributed by atoms with Crippen molar-refractivity contribution in [2.75, 3.05) is 0 Å². The molecule has 1 aromatic carbocycles. The van der Waals surface area contributed by atoms with Gasteiger partial charge < -0.3 is 0 Å². The van der Waals surface area contributed by atoms with Gasteiger partial charge in [0.2, 0.25) is 0 Å². The van der Waals surface area contributed by atoms with Crippen molar-refractivity contribution in [3.63, 3.8) is 0 Å². The maximum Gasteiger partial charge on any atom is 0.0830 e. The summed E-state index contributed by atoms with van der Waals surface area (Å²) in [4.78, 5) is 0. The van der Waals surface area contributed by atoms with Crippen molar-refractivity contribution in [1.29, 1.82) is 0 Å². The number of benzene rings is 1. The summed E-state index contributed by atoms with van der Waals surface area (Å²) in [5, 5.41) is 10.7. The van der Waals surface area contributed by atoms with E-state index in [1.54, 1.807) is 0 Å². The Hall–Kier alpha value is -1.64. The lowest BCUT2D eigenvalue weighted by Gasteiger charge is -2.17. The molecule has 1 N–H and O–H groups in total. The molecule has 1 aromatic heterocycles. The number of H-pyrrole nitrogens is 1. The molecule has 1 atom stereocenters. The fourth-order valence-corrected chi connectivity index (χ4v) is 2.33. The minimum atomic E-state index is 0.528. The minimum absolute atomic E-state index is 0.528. The topological polar surface area (TPSA) is 41.6 Å². The molecule has 0 saturated carbocycles. The molecule has 0 saturated heterocycles. The lowest BCUT2D eigenvalue weighted by atomic mass is 9.88. The number of aryl methyl sites for hydroxylation is 2. The van der Waals surface area contributed by atoms with Crippen molar-refractivity contribution in [3.05, 3.63) is 46.8 Å². The first-order valence-corrected chi connectivity index (χ1v) is 6.12. The van der Waals surface area contributed by atoms with E-state index in [0.717, 1.165) is 18.5 Å². The zero-order valence-corrected chi connectivity index (χ0v) is 10.7. The second-order valence-electron chi connectivity index (χ2n) is 4.63. The molecule has 0 amide bonds. The highest BCUT2D eigenvalue weighted by molar-refractivity contribution is 5.33. The highest BCUT2D eigenvalue weighted by atomic mass is 15.3. The van der Waals surface area contributed by atoms with Crippen LogP contribution in [0.5, 0.6) is 0 Å². The first-order chi connectivity index (χ1) is 8.20. The van der Waals surface area contributed by atoms with E-state index >= 15 is 0 Å². The molecular weight excluding hydrogens is 210 g/mol. The van der Waals surface area contributed by atoms with Crippen LogP contribution >= 0.6 is 0 Å². The van der Waals surface area contributed by atoms with E-state index in [1.165, 1.54) is 16.7 Å². The summed E-state index contributed by atoms with van der Waals surface area (Å²) in [6.45, 7) is 6.55. The number of nitrogens with zero attached hydrogens (tertiary/aromatic N) is 2. The molecule has 2 rings (SSSR count). The van der Waals surface area contributed by atoms with Gasteiger partial charge in [-0.1, -0.05) is 30.7 Å². The molecule has 0 spiro atoms.